The number of quaternary nitrogens is 1. The summed E-state index contributed by atoms with van der Waals surface area (Å²) in [6.45, 7) is 4.75. The number of aliphatic hydroxyl groups excluding tert-OH is 1. The number of hydrogen-bond donors (Lipinski definition) is 3. The van der Waals surface area contributed by atoms with E-state index in [1.807, 2.05) is 12.1 Å². The van der Waals surface area contributed by atoms with E-state index in [0.29, 0.717) is 0 Å². The number of nitrogens with zero attached hydrogens (tertiary/aromatic N) is 1. The number of nitrogens with one attached hydrogen (secondary N) is 1. The molecule has 18 heavy (non-hydrogen) atoms. The van der Waals surface area contributed by atoms with E-state index in [1.165, 1.54) is 4.90 Å². The van der Waals surface area contributed by atoms with Crippen molar-refractivity contribution in [3.05, 3.63) is 29.8 Å². The SMILES string of the molecule is OCC[NH+]1CCN(C(=S)c2ccccc2O)CC1. The summed E-state index contributed by atoms with van der Waals surface area (Å²) in [6, 6.07) is 7.19. The molecule has 2 rings (SSSR count). The molecule has 1 aromatic rings. The predicted molar refractivity (Wildman–Crippen MR) is 74.0 cm³/mol. The molecule has 0 spiro atoms. The minimum atomic E-state index is 0.235. The number of benzene rings is 1. The van der Waals surface area contributed by atoms with Crippen molar-refractivity contribution >= 4 is 17.2 Å². The van der Waals surface area contributed by atoms with Crippen molar-refractivity contribution in [2.24, 2.45) is 0 Å². The van der Waals surface area contributed by atoms with Crippen LogP contribution in [0.25, 0.3) is 0 Å². The van der Waals surface area contributed by atoms with Crippen LogP contribution in [-0.4, -0.2) is 59.4 Å². The Hall–Kier alpha value is -1.17. The van der Waals surface area contributed by atoms with Gasteiger partial charge in [-0.3, -0.25) is 0 Å². The smallest absolute Gasteiger partial charge is 0.125 e. The van der Waals surface area contributed by atoms with Gasteiger partial charge < -0.3 is 20.0 Å². The number of para-hydroxylation sites is 1. The van der Waals surface area contributed by atoms with Crippen LogP contribution in [0.2, 0.25) is 0 Å². The number of thiocarbonyl (C=S) groups is 1. The van der Waals surface area contributed by atoms with Crippen molar-refractivity contribution in [3.63, 3.8) is 0 Å². The Labute approximate surface area is 112 Å². The summed E-state index contributed by atoms with van der Waals surface area (Å²) in [4.78, 5) is 4.26. The lowest BCUT2D eigenvalue weighted by molar-refractivity contribution is -0.904. The largest absolute Gasteiger partial charge is 0.507 e. The van der Waals surface area contributed by atoms with Gasteiger partial charge in [0, 0.05) is 0 Å². The van der Waals surface area contributed by atoms with Crippen molar-refractivity contribution in [3.8, 4) is 5.75 Å². The van der Waals surface area contributed by atoms with Gasteiger partial charge in [0.1, 0.15) is 17.3 Å². The number of phenols is 1. The second kappa shape index (κ2) is 6.13. The summed E-state index contributed by atoms with van der Waals surface area (Å²) < 4.78 is 0. The molecule has 0 saturated carbocycles. The highest BCUT2D eigenvalue weighted by atomic mass is 32.1. The second-order valence-corrected chi connectivity index (χ2v) is 4.92. The topological polar surface area (TPSA) is 48.1 Å². The monoisotopic (exact) mass is 267 g/mol. The van der Waals surface area contributed by atoms with E-state index in [0.717, 1.165) is 43.3 Å². The Morgan fingerprint density at radius 3 is 2.56 bits per heavy atom. The van der Waals surface area contributed by atoms with Crippen LogP contribution < -0.4 is 4.90 Å². The maximum atomic E-state index is 9.80. The molecule has 0 amide bonds. The second-order valence-electron chi connectivity index (χ2n) is 4.53. The maximum absolute atomic E-state index is 9.80. The fourth-order valence-electron chi connectivity index (χ4n) is 2.26. The highest BCUT2D eigenvalue weighted by Gasteiger charge is 2.22. The summed E-state index contributed by atoms with van der Waals surface area (Å²) in [7, 11) is 0. The van der Waals surface area contributed by atoms with Crippen LogP contribution >= 0.6 is 12.2 Å². The van der Waals surface area contributed by atoms with Gasteiger partial charge in [-0.15, -0.1) is 0 Å². The van der Waals surface area contributed by atoms with Gasteiger partial charge in [0.15, 0.2) is 0 Å². The van der Waals surface area contributed by atoms with E-state index in [-0.39, 0.29) is 12.4 Å². The lowest BCUT2D eigenvalue weighted by atomic mass is 10.1. The molecule has 3 N–H and O–H groups in total. The summed E-state index contributed by atoms with van der Waals surface area (Å²) in [5.41, 5.74) is 0.734. The molecule has 1 aliphatic heterocycles. The molecular weight excluding hydrogens is 248 g/mol. The first kappa shape index (κ1) is 13.3. The Morgan fingerprint density at radius 2 is 1.94 bits per heavy atom. The fraction of sp³-hybridized carbons (Fsp3) is 0.462. The number of aliphatic hydroxyl groups is 1. The Balaban J connectivity index is 1.98. The molecule has 5 heteroatoms. The van der Waals surface area contributed by atoms with Crippen LogP contribution in [-0.2, 0) is 0 Å². The van der Waals surface area contributed by atoms with E-state index in [4.69, 9.17) is 17.3 Å². The molecule has 1 saturated heterocycles. The van der Waals surface area contributed by atoms with Crippen LogP contribution in [0.5, 0.6) is 5.75 Å². The third kappa shape index (κ3) is 2.98. The molecule has 0 radical (unpaired) electrons. The maximum Gasteiger partial charge on any atom is 0.125 e. The van der Waals surface area contributed by atoms with E-state index >= 15 is 0 Å². The van der Waals surface area contributed by atoms with Crippen LogP contribution in [0.4, 0.5) is 0 Å². The zero-order valence-electron chi connectivity index (χ0n) is 10.3. The fourth-order valence-corrected chi connectivity index (χ4v) is 2.61. The molecule has 1 heterocycles. The molecule has 0 aliphatic carbocycles. The molecular formula is C13H19N2O2S+. The molecule has 0 aromatic heterocycles. The lowest BCUT2D eigenvalue weighted by Crippen LogP contribution is -3.15. The zero-order chi connectivity index (χ0) is 13.0. The number of phenolic OH excluding ortho intramolecular Hbond substituents is 1. The molecule has 1 aliphatic rings. The molecule has 98 valence electrons. The van der Waals surface area contributed by atoms with Gasteiger partial charge in [-0.2, -0.15) is 0 Å². The van der Waals surface area contributed by atoms with Crippen molar-refractivity contribution in [2.45, 2.75) is 0 Å². The van der Waals surface area contributed by atoms with E-state index in [1.54, 1.807) is 12.1 Å². The average Bonchev–Trinajstić information content (AvgIpc) is 2.40. The van der Waals surface area contributed by atoms with Gasteiger partial charge in [-0.1, -0.05) is 24.4 Å². The third-order valence-electron chi connectivity index (χ3n) is 3.36. The Kier molecular flexibility index (Phi) is 4.52. The highest BCUT2D eigenvalue weighted by molar-refractivity contribution is 7.80. The highest BCUT2D eigenvalue weighted by Crippen LogP contribution is 2.18. The van der Waals surface area contributed by atoms with Gasteiger partial charge in [-0.05, 0) is 12.1 Å². The average molecular weight is 267 g/mol. The van der Waals surface area contributed by atoms with Crippen molar-refractivity contribution in [1.82, 2.24) is 4.90 Å². The van der Waals surface area contributed by atoms with Gasteiger partial charge in [-0.25, -0.2) is 0 Å². The summed E-state index contributed by atoms with van der Waals surface area (Å²) in [5.74, 6) is 0.243. The Bertz CT molecular complexity index is 417. The quantitative estimate of drug-likeness (QED) is 0.632. The number of hydrogen-bond acceptors (Lipinski definition) is 3. The molecule has 4 nitrogen and oxygen atoms in total. The van der Waals surface area contributed by atoms with E-state index in [9.17, 15) is 5.11 Å². The van der Waals surface area contributed by atoms with E-state index < -0.39 is 0 Å². The van der Waals surface area contributed by atoms with Crippen LogP contribution in [0.3, 0.4) is 0 Å². The van der Waals surface area contributed by atoms with E-state index in [2.05, 4.69) is 4.90 Å². The molecule has 1 fully saturated rings. The van der Waals surface area contributed by atoms with Crippen molar-refractivity contribution in [1.29, 1.82) is 0 Å². The van der Waals surface area contributed by atoms with Crippen LogP contribution in [0, 0.1) is 0 Å². The predicted octanol–water partition coefficient (Wildman–Crippen LogP) is -0.739. The van der Waals surface area contributed by atoms with Gasteiger partial charge in [0.05, 0.1) is 38.3 Å². The summed E-state index contributed by atoms with van der Waals surface area (Å²) >= 11 is 5.44. The van der Waals surface area contributed by atoms with Crippen molar-refractivity contribution < 1.29 is 15.1 Å². The van der Waals surface area contributed by atoms with Crippen molar-refractivity contribution in [2.75, 3.05) is 39.3 Å². The number of rotatable bonds is 3. The van der Waals surface area contributed by atoms with Crippen LogP contribution in [0.1, 0.15) is 5.56 Å². The minimum Gasteiger partial charge on any atom is -0.507 e. The van der Waals surface area contributed by atoms with Gasteiger partial charge >= 0.3 is 0 Å². The number of aromatic hydroxyl groups is 1. The molecule has 0 unspecified atom stereocenters. The molecule has 0 atom stereocenters. The lowest BCUT2D eigenvalue weighted by Gasteiger charge is -2.33. The zero-order valence-corrected chi connectivity index (χ0v) is 11.1. The van der Waals surface area contributed by atoms with Crippen LogP contribution in [0.15, 0.2) is 24.3 Å². The normalized spacial score (nSPS) is 16.8. The third-order valence-corrected chi connectivity index (χ3v) is 3.84. The first-order valence-corrected chi connectivity index (χ1v) is 6.65. The summed E-state index contributed by atoms with van der Waals surface area (Å²) in [6.07, 6.45) is 0. The Morgan fingerprint density at radius 1 is 1.28 bits per heavy atom. The molecule has 1 aromatic carbocycles. The minimum absolute atomic E-state index is 0.235. The standard InChI is InChI=1S/C13H18N2O2S/c16-10-9-14-5-7-15(8-6-14)13(18)11-3-1-2-4-12(11)17/h1-4,16-17H,5-10H2/p+1. The number of piperazine rings is 1. The molecule has 0 bridgehead atoms. The summed E-state index contributed by atoms with van der Waals surface area (Å²) in [5, 5.41) is 18.7. The van der Waals surface area contributed by atoms with Gasteiger partial charge in [0.25, 0.3) is 0 Å². The first-order valence-electron chi connectivity index (χ1n) is 6.24. The van der Waals surface area contributed by atoms with Gasteiger partial charge in [0.2, 0.25) is 0 Å². The first-order chi connectivity index (χ1) is 8.72.